The van der Waals surface area contributed by atoms with E-state index in [2.05, 4.69) is 5.32 Å². The quantitative estimate of drug-likeness (QED) is 0.273. The highest BCUT2D eigenvalue weighted by Gasteiger charge is 2.16. The number of nitrogens with zero attached hydrogens (tertiary/aromatic N) is 1. The van der Waals surface area contributed by atoms with Gasteiger partial charge in [0, 0.05) is 23.2 Å². The molecule has 0 atom stereocenters. The molecular formula is C23H16N2O4. The summed E-state index contributed by atoms with van der Waals surface area (Å²) in [6, 6.07) is 23.1. The van der Waals surface area contributed by atoms with Crippen LogP contribution in [0.1, 0.15) is 5.76 Å². The highest BCUT2D eigenvalue weighted by molar-refractivity contribution is 6.07. The van der Waals surface area contributed by atoms with E-state index in [1.807, 2.05) is 42.5 Å². The zero-order valence-corrected chi connectivity index (χ0v) is 15.2. The van der Waals surface area contributed by atoms with E-state index in [4.69, 9.17) is 4.42 Å². The molecule has 1 amide bonds. The SMILES string of the molecule is O=C(C=Cc1ccc(-c2ccccc2[N+](=O)[O-])o1)Nc1cccc2ccccc12. The van der Waals surface area contributed by atoms with Gasteiger partial charge in [0.1, 0.15) is 11.5 Å². The third-order valence-corrected chi connectivity index (χ3v) is 4.44. The molecule has 29 heavy (non-hydrogen) atoms. The van der Waals surface area contributed by atoms with Gasteiger partial charge in [0.25, 0.3) is 5.69 Å². The first kappa shape index (κ1) is 18.2. The molecule has 0 saturated carbocycles. The van der Waals surface area contributed by atoms with Gasteiger partial charge in [-0.3, -0.25) is 14.9 Å². The van der Waals surface area contributed by atoms with E-state index in [0.29, 0.717) is 17.1 Å². The van der Waals surface area contributed by atoms with E-state index in [1.165, 1.54) is 18.2 Å². The number of furan rings is 1. The van der Waals surface area contributed by atoms with Crippen LogP contribution in [0.5, 0.6) is 0 Å². The second-order valence-corrected chi connectivity index (χ2v) is 6.33. The molecule has 1 N–H and O–H groups in total. The van der Waals surface area contributed by atoms with E-state index in [-0.39, 0.29) is 11.6 Å². The zero-order valence-electron chi connectivity index (χ0n) is 15.2. The Bertz CT molecular complexity index is 1240. The Morgan fingerprint density at radius 1 is 0.931 bits per heavy atom. The maximum absolute atomic E-state index is 12.3. The number of nitro groups is 1. The molecule has 0 aliphatic carbocycles. The first-order valence-corrected chi connectivity index (χ1v) is 8.92. The van der Waals surface area contributed by atoms with Gasteiger partial charge in [-0.15, -0.1) is 0 Å². The molecule has 6 heteroatoms. The predicted octanol–water partition coefficient (Wildman–Crippen LogP) is 5.66. The molecule has 142 valence electrons. The number of hydrogen-bond donors (Lipinski definition) is 1. The predicted molar refractivity (Wildman–Crippen MR) is 112 cm³/mol. The average Bonchev–Trinajstić information content (AvgIpc) is 3.21. The monoisotopic (exact) mass is 384 g/mol. The minimum absolute atomic E-state index is 0.0360. The first-order chi connectivity index (χ1) is 14.1. The second-order valence-electron chi connectivity index (χ2n) is 6.33. The molecular weight excluding hydrogens is 368 g/mol. The van der Waals surface area contributed by atoms with Crippen molar-refractivity contribution in [1.82, 2.24) is 0 Å². The number of benzene rings is 3. The zero-order chi connectivity index (χ0) is 20.2. The summed E-state index contributed by atoms with van der Waals surface area (Å²) < 4.78 is 5.66. The van der Waals surface area contributed by atoms with Gasteiger partial charge in [-0.2, -0.15) is 0 Å². The van der Waals surface area contributed by atoms with E-state index in [9.17, 15) is 14.9 Å². The van der Waals surface area contributed by atoms with Crippen LogP contribution in [-0.2, 0) is 4.79 Å². The van der Waals surface area contributed by atoms with Crippen molar-refractivity contribution in [3.05, 3.63) is 101 Å². The lowest BCUT2D eigenvalue weighted by Crippen LogP contribution is -2.07. The van der Waals surface area contributed by atoms with E-state index < -0.39 is 4.92 Å². The average molecular weight is 384 g/mol. The molecule has 0 aliphatic heterocycles. The van der Waals surface area contributed by atoms with Crippen molar-refractivity contribution in [2.75, 3.05) is 5.32 Å². The molecule has 1 heterocycles. The Balaban J connectivity index is 1.52. The minimum atomic E-state index is -0.453. The van der Waals surface area contributed by atoms with Crippen molar-refractivity contribution in [2.24, 2.45) is 0 Å². The summed E-state index contributed by atoms with van der Waals surface area (Å²) >= 11 is 0. The number of rotatable bonds is 5. The minimum Gasteiger partial charge on any atom is -0.456 e. The Morgan fingerprint density at radius 3 is 2.55 bits per heavy atom. The molecule has 6 nitrogen and oxygen atoms in total. The summed E-state index contributed by atoms with van der Waals surface area (Å²) in [5, 5.41) is 16.0. The van der Waals surface area contributed by atoms with Crippen molar-refractivity contribution in [2.45, 2.75) is 0 Å². The lowest BCUT2D eigenvalue weighted by Gasteiger charge is -2.06. The normalized spacial score (nSPS) is 11.0. The fourth-order valence-electron chi connectivity index (χ4n) is 3.09. The van der Waals surface area contributed by atoms with Crippen molar-refractivity contribution in [3.8, 4) is 11.3 Å². The number of nitrogens with one attached hydrogen (secondary N) is 1. The summed E-state index contributed by atoms with van der Waals surface area (Å²) in [5.74, 6) is 0.489. The summed E-state index contributed by atoms with van der Waals surface area (Å²) in [4.78, 5) is 23.0. The van der Waals surface area contributed by atoms with E-state index in [0.717, 1.165) is 16.5 Å². The number of anilines is 1. The molecule has 0 unspecified atom stereocenters. The first-order valence-electron chi connectivity index (χ1n) is 8.92. The van der Waals surface area contributed by atoms with Crippen LogP contribution in [0.2, 0.25) is 0 Å². The fourth-order valence-corrected chi connectivity index (χ4v) is 3.09. The third-order valence-electron chi connectivity index (χ3n) is 4.44. The number of para-hydroxylation sites is 1. The standard InChI is InChI=1S/C23H16N2O4/c26-23(24-20-10-5-7-16-6-1-2-8-18(16)20)15-13-17-12-14-22(29-17)19-9-3-4-11-21(19)25(27)28/h1-15H,(H,24,26). The molecule has 4 aromatic rings. The Morgan fingerprint density at radius 2 is 1.69 bits per heavy atom. The smallest absolute Gasteiger partial charge is 0.280 e. The van der Waals surface area contributed by atoms with Crippen molar-refractivity contribution in [3.63, 3.8) is 0 Å². The number of fused-ring (bicyclic) bond motifs is 1. The Hall–Kier alpha value is -4.19. The second kappa shape index (κ2) is 7.82. The molecule has 0 aliphatic rings. The number of nitro benzene ring substituents is 1. The molecule has 0 saturated heterocycles. The molecule has 0 spiro atoms. The van der Waals surface area contributed by atoms with Crippen LogP contribution in [0.4, 0.5) is 11.4 Å². The number of carbonyl (C=O) groups is 1. The fraction of sp³-hybridized carbons (Fsp3) is 0. The maximum Gasteiger partial charge on any atom is 0.280 e. The van der Waals surface area contributed by atoms with E-state index in [1.54, 1.807) is 30.3 Å². The summed E-state index contributed by atoms with van der Waals surface area (Å²) in [6.45, 7) is 0. The third kappa shape index (κ3) is 3.91. The number of hydrogen-bond acceptors (Lipinski definition) is 4. The van der Waals surface area contributed by atoms with Crippen LogP contribution < -0.4 is 5.32 Å². The molecule has 0 fully saturated rings. The van der Waals surface area contributed by atoms with Crippen molar-refractivity contribution >= 4 is 34.1 Å². The Labute approximate surface area is 166 Å². The van der Waals surface area contributed by atoms with Crippen LogP contribution in [-0.4, -0.2) is 10.8 Å². The van der Waals surface area contributed by atoms with Gasteiger partial charge in [-0.1, -0.05) is 48.5 Å². The molecule has 0 radical (unpaired) electrons. The van der Waals surface area contributed by atoms with Gasteiger partial charge in [0.2, 0.25) is 5.91 Å². The van der Waals surface area contributed by atoms with Gasteiger partial charge in [-0.05, 0) is 35.7 Å². The van der Waals surface area contributed by atoms with Crippen molar-refractivity contribution < 1.29 is 14.1 Å². The lowest BCUT2D eigenvalue weighted by atomic mass is 10.1. The largest absolute Gasteiger partial charge is 0.456 e. The molecule has 1 aromatic heterocycles. The molecule has 0 bridgehead atoms. The summed E-state index contributed by atoms with van der Waals surface area (Å²) in [7, 11) is 0. The van der Waals surface area contributed by atoms with Gasteiger partial charge in [0.05, 0.1) is 10.5 Å². The number of carbonyl (C=O) groups excluding carboxylic acids is 1. The van der Waals surface area contributed by atoms with Crippen molar-refractivity contribution in [1.29, 1.82) is 0 Å². The summed E-state index contributed by atoms with van der Waals surface area (Å²) in [6.07, 6.45) is 2.89. The van der Waals surface area contributed by atoms with Gasteiger partial charge < -0.3 is 9.73 Å². The summed E-state index contributed by atoms with van der Waals surface area (Å²) in [5.41, 5.74) is 1.07. The lowest BCUT2D eigenvalue weighted by molar-refractivity contribution is -0.384. The topological polar surface area (TPSA) is 85.4 Å². The van der Waals surface area contributed by atoms with Gasteiger partial charge in [-0.25, -0.2) is 0 Å². The van der Waals surface area contributed by atoms with E-state index >= 15 is 0 Å². The Kier molecular flexibility index (Phi) is 4.90. The molecule has 3 aromatic carbocycles. The number of amides is 1. The van der Waals surface area contributed by atoms with Crippen LogP contribution in [0.25, 0.3) is 28.2 Å². The van der Waals surface area contributed by atoms with Crippen LogP contribution in [0.3, 0.4) is 0 Å². The highest BCUT2D eigenvalue weighted by atomic mass is 16.6. The maximum atomic E-state index is 12.3. The molecule has 4 rings (SSSR count). The van der Waals surface area contributed by atoms with Gasteiger partial charge in [0.15, 0.2) is 0 Å². The highest BCUT2D eigenvalue weighted by Crippen LogP contribution is 2.31. The van der Waals surface area contributed by atoms with Crippen LogP contribution >= 0.6 is 0 Å². The van der Waals surface area contributed by atoms with Gasteiger partial charge >= 0.3 is 0 Å². The van der Waals surface area contributed by atoms with Crippen LogP contribution in [0.15, 0.2) is 89.4 Å². The van der Waals surface area contributed by atoms with Crippen LogP contribution in [0, 0.1) is 10.1 Å².